The van der Waals surface area contributed by atoms with Crippen molar-refractivity contribution >= 4 is 0 Å². The summed E-state index contributed by atoms with van der Waals surface area (Å²) < 4.78 is 0. The summed E-state index contributed by atoms with van der Waals surface area (Å²) in [4.78, 5) is 0. The molecular formula is C15H22O. The molecule has 88 valence electrons. The molecule has 3 rings (SSSR count). The highest BCUT2D eigenvalue weighted by Gasteiger charge is 2.49. The van der Waals surface area contributed by atoms with Gasteiger partial charge >= 0.3 is 0 Å². The Labute approximate surface area is 98.2 Å². The van der Waals surface area contributed by atoms with E-state index in [0.717, 1.165) is 23.7 Å². The average molecular weight is 218 g/mol. The molecule has 0 aliphatic heterocycles. The zero-order valence-electron chi connectivity index (χ0n) is 10.3. The molecule has 16 heavy (non-hydrogen) atoms. The van der Waals surface area contributed by atoms with E-state index in [1.54, 1.807) is 5.57 Å². The topological polar surface area (TPSA) is 20.2 Å². The highest BCUT2D eigenvalue weighted by Crippen LogP contribution is 2.58. The van der Waals surface area contributed by atoms with Crippen LogP contribution in [0.1, 0.15) is 33.1 Å². The van der Waals surface area contributed by atoms with Gasteiger partial charge in [0.2, 0.25) is 0 Å². The van der Waals surface area contributed by atoms with Crippen LogP contribution in [0.3, 0.4) is 0 Å². The molecule has 6 atom stereocenters. The molecule has 3 aliphatic rings. The molecule has 6 unspecified atom stereocenters. The van der Waals surface area contributed by atoms with Gasteiger partial charge in [-0.05, 0) is 55.8 Å². The van der Waals surface area contributed by atoms with E-state index >= 15 is 0 Å². The first-order valence-electron chi connectivity index (χ1n) is 6.72. The van der Waals surface area contributed by atoms with Crippen LogP contribution in [0, 0.1) is 29.6 Å². The van der Waals surface area contributed by atoms with Gasteiger partial charge in [-0.15, -0.1) is 0 Å². The van der Waals surface area contributed by atoms with Gasteiger partial charge in [0.15, 0.2) is 0 Å². The minimum Gasteiger partial charge on any atom is -0.393 e. The van der Waals surface area contributed by atoms with Crippen LogP contribution in [-0.2, 0) is 0 Å². The molecule has 2 fully saturated rings. The fourth-order valence-corrected chi connectivity index (χ4v) is 4.06. The molecule has 0 aromatic carbocycles. The van der Waals surface area contributed by atoms with Gasteiger partial charge in [-0.2, -0.15) is 0 Å². The van der Waals surface area contributed by atoms with Gasteiger partial charge in [0.1, 0.15) is 0 Å². The van der Waals surface area contributed by atoms with Crippen LogP contribution in [0.15, 0.2) is 23.8 Å². The molecule has 0 amide bonds. The SMILES string of the molecule is CC(O)C(C)C=C1CC2CC1C1CC=CC21. The van der Waals surface area contributed by atoms with Crippen LogP contribution in [0.5, 0.6) is 0 Å². The maximum absolute atomic E-state index is 9.58. The number of hydrogen-bond acceptors (Lipinski definition) is 1. The predicted octanol–water partition coefficient (Wildman–Crippen LogP) is 3.16. The minimum atomic E-state index is -0.205. The molecule has 0 spiro atoms. The Morgan fingerprint density at radius 2 is 2.25 bits per heavy atom. The van der Waals surface area contributed by atoms with E-state index in [1.807, 2.05) is 6.92 Å². The van der Waals surface area contributed by atoms with E-state index in [0.29, 0.717) is 5.92 Å². The third-order valence-corrected chi connectivity index (χ3v) is 5.09. The normalized spacial score (nSPS) is 46.3. The van der Waals surface area contributed by atoms with Gasteiger partial charge < -0.3 is 5.11 Å². The second-order valence-corrected chi connectivity index (χ2v) is 6.05. The lowest BCUT2D eigenvalue weighted by Crippen LogP contribution is -2.20. The standard InChI is InChI=1S/C15H22O/c1-9(10(2)16)6-11-7-12-8-15(11)14-5-3-4-13(12)14/h3-4,6,9-10,12-16H,5,7-8H2,1-2H3. The van der Waals surface area contributed by atoms with E-state index in [1.165, 1.54) is 19.3 Å². The fourth-order valence-electron chi connectivity index (χ4n) is 4.06. The lowest BCUT2D eigenvalue weighted by molar-refractivity contribution is 0.156. The smallest absolute Gasteiger partial charge is 0.0572 e. The van der Waals surface area contributed by atoms with Crippen molar-refractivity contribution in [1.29, 1.82) is 0 Å². The molecular weight excluding hydrogens is 196 g/mol. The number of allylic oxidation sites excluding steroid dienone is 3. The summed E-state index contributed by atoms with van der Waals surface area (Å²) in [7, 11) is 0. The fraction of sp³-hybridized carbons (Fsp3) is 0.733. The van der Waals surface area contributed by atoms with Crippen LogP contribution < -0.4 is 0 Å². The summed E-state index contributed by atoms with van der Waals surface area (Å²) in [5, 5.41) is 9.58. The maximum Gasteiger partial charge on any atom is 0.0572 e. The van der Waals surface area contributed by atoms with Crippen molar-refractivity contribution < 1.29 is 5.11 Å². The lowest BCUT2D eigenvalue weighted by atomic mass is 9.77. The lowest BCUT2D eigenvalue weighted by Gasteiger charge is -2.27. The quantitative estimate of drug-likeness (QED) is 0.706. The summed E-state index contributed by atoms with van der Waals surface area (Å²) in [5.74, 6) is 3.88. The van der Waals surface area contributed by atoms with E-state index in [2.05, 4.69) is 25.2 Å². The highest BCUT2D eigenvalue weighted by atomic mass is 16.3. The van der Waals surface area contributed by atoms with Crippen molar-refractivity contribution in [2.45, 2.75) is 39.2 Å². The average Bonchev–Trinajstić information content (AvgIpc) is 2.87. The summed E-state index contributed by atoms with van der Waals surface area (Å²) in [6, 6.07) is 0. The number of fused-ring (bicyclic) bond motifs is 5. The molecule has 0 saturated heterocycles. The van der Waals surface area contributed by atoms with Crippen molar-refractivity contribution in [3.63, 3.8) is 0 Å². The number of aliphatic hydroxyl groups excluding tert-OH is 1. The molecule has 1 heteroatoms. The monoisotopic (exact) mass is 218 g/mol. The number of hydrogen-bond donors (Lipinski definition) is 1. The third-order valence-electron chi connectivity index (χ3n) is 5.09. The molecule has 3 aliphatic carbocycles. The molecule has 0 aromatic heterocycles. The predicted molar refractivity (Wildman–Crippen MR) is 65.9 cm³/mol. The second kappa shape index (κ2) is 3.73. The maximum atomic E-state index is 9.58. The van der Waals surface area contributed by atoms with Crippen LogP contribution in [0.2, 0.25) is 0 Å². The summed E-state index contributed by atoms with van der Waals surface area (Å²) in [6.07, 6.45) is 11.0. The first-order chi connectivity index (χ1) is 7.66. The Morgan fingerprint density at radius 1 is 1.44 bits per heavy atom. The molecule has 1 nitrogen and oxygen atoms in total. The summed E-state index contributed by atoms with van der Waals surface area (Å²) in [5.41, 5.74) is 1.66. The zero-order valence-corrected chi connectivity index (χ0v) is 10.3. The molecule has 2 saturated carbocycles. The molecule has 0 heterocycles. The van der Waals surface area contributed by atoms with Crippen molar-refractivity contribution in [3.05, 3.63) is 23.8 Å². The second-order valence-electron chi connectivity index (χ2n) is 6.05. The van der Waals surface area contributed by atoms with Gasteiger partial charge in [-0.1, -0.05) is 30.7 Å². The van der Waals surface area contributed by atoms with Gasteiger partial charge in [0.05, 0.1) is 6.10 Å². The Kier molecular flexibility index (Phi) is 2.47. The highest BCUT2D eigenvalue weighted by molar-refractivity contribution is 5.26. The van der Waals surface area contributed by atoms with Crippen molar-refractivity contribution in [3.8, 4) is 0 Å². The third kappa shape index (κ3) is 1.48. The van der Waals surface area contributed by atoms with Crippen LogP contribution in [0.4, 0.5) is 0 Å². The zero-order chi connectivity index (χ0) is 11.3. The first-order valence-corrected chi connectivity index (χ1v) is 6.72. The Morgan fingerprint density at radius 3 is 3.00 bits per heavy atom. The Bertz CT molecular complexity index is 339. The van der Waals surface area contributed by atoms with E-state index in [4.69, 9.17) is 0 Å². The van der Waals surface area contributed by atoms with Crippen LogP contribution >= 0.6 is 0 Å². The summed E-state index contributed by atoms with van der Waals surface area (Å²) in [6.45, 7) is 4.03. The van der Waals surface area contributed by atoms with Crippen molar-refractivity contribution in [2.24, 2.45) is 29.6 Å². The number of aliphatic hydroxyl groups is 1. The van der Waals surface area contributed by atoms with Crippen LogP contribution in [-0.4, -0.2) is 11.2 Å². The minimum absolute atomic E-state index is 0.205. The van der Waals surface area contributed by atoms with Gasteiger partial charge in [0, 0.05) is 0 Å². The van der Waals surface area contributed by atoms with E-state index in [-0.39, 0.29) is 6.10 Å². The number of rotatable bonds is 2. The van der Waals surface area contributed by atoms with Crippen molar-refractivity contribution in [1.82, 2.24) is 0 Å². The largest absolute Gasteiger partial charge is 0.393 e. The Balaban J connectivity index is 1.77. The van der Waals surface area contributed by atoms with Gasteiger partial charge in [-0.25, -0.2) is 0 Å². The van der Waals surface area contributed by atoms with Crippen LogP contribution in [0.25, 0.3) is 0 Å². The van der Waals surface area contributed by atoms with E-state index < -0.39 is 0 Å². The van der Waals surface area contributed by atoms with Gasteiger partial charge in [0.25, 0.3) is 0 Å². The molecule has 0 radical (unpaired) electrons. The summed E-state index contributed by atoms with van der Waals surface area (Å²) >= 11 is 0. The molecule has 0 aromatic rings. The van der Waals surface area contributed by atoms with Gasteiger partial charge in [-0.3, -0.25) is 0 Å². The Hall–Kier alpha value is -0.560. The molecule has 2 bridgehead atoms. The van der Waals surface area contributed by atoms with Crippen molar-refractivity contribution in [2.75, 3.05) is 0 Å². The molecule has 1 N–H and O–H groups in total. The van der Waals surface area contributed by atoms with E-state index in [9.17, 15) is 5.11 Å². The first kappa shape index (κ1) is 10.6.